The molecule has 0 aliphatic heterocycles. The van der Waals surface area contributed by atoms with Crippen LogP contribution in [-0.4, -0.2) is 17.2 Å². The van der Waals surface area contributed by atoms with Gasteiger partial charge in [-0.3, -0.25) is 0 Å². The zero-order valence-electron chi connectivity index (χ0n) is 8.04. The molecule has 0 fully saturated rings. The van der Waals surface area contributed by atoms with E-state index in [4.69, 9.17) is 33.0 Å². The molecular weight excluding hydrogens is 239 g/mol. The number of aliphatic carboxylic acids is 1. The van der Waals surface area contributed by atoms with Gasteiger partial charge in [0.1, 0.15) is 5.75 Å². The van der Waals surface area contributed by atoms with Gasteiger partial charge in [0.2, 0.25) is 0 Å². The van der Waals surface area contributed by atoms with Crippen LogP contribution < -0.4 is 4.74 Å². The number of carboxylic acid groups (broad SMARTS) is 1. The van der Waals surface area contributed by atoms with Crippen molar-refractivity contribution < 1.29 is 14.6 Å². The van der Waals surface area contributed by atoms with Gasteiger partial charge in [-0.1, -0.05) is 17.7 Å². The molecule has 1 aromatic rings. The van der Waals surface area contributed by atoms with Crippen molar-refractivity contribution in [3.05, 3.63) is 28.8 Å². The first-order valence-corrected chi connectivity index (χ1v) is 5.19. The molecule has 0 amide bonds. The van der Waals surface area contributed by atoms with Crippen molar-refractivity contribution in [2.24, 2.45) is 0 Å². The van der Waals surface area contributed by atoms with E-state index in [1.54, 1.807) is 18.2 Å². The molecule has 0 saturated carbocycles. The normalized spacial score (nSPS) is 12.2. The fourth-order valence-electron chi connectivity index (χ4n) is 0.989. The lowest BCUT2D eigenvalue weighted by Gasteiger charge is -2.13. The lowest BCUT2D eigenvalue weighted by molar-refractivity contribution is -0.144. The predicted octanol–water partition coefficient (Wildman–Crippen LogP) is 2.93. The third-order valence-electron chi connectivity index (χ3n) is 1.82. The number of ether oxygens (including phenoxy) is 1. The van der Waals surface area contributed by atoms with Gasteiger partial charge in [0.15, 0.2) is 6.10 Å². The van der Waals surface area contributed by atoms with E-state index >= 15 is 0 Å². The third kappa shape index (κ3) is 3.29. The predicted molar refractivity (Wildman–Crippen MR) is 58.7 cm³/mol. The fraction of sp³-hybridized carbons (Fsp3) is 0.300. The number of benzene rings is 1. The molecule has 1 atom stereocenters. The zero-order chi connectivity index (χ0) is 11.4. The van der Waals surface area contributed by atoms with Crippen LogP contribution in [0.3, 0.4) is 0 Å². The Balaban J connectivity index is 2.91. The minimum atomic E-state index is -1.03. The first-order valence-electron chi connectivity index (χ1n) is 4.28. The maximum atomic E-state index is 10.6. The van der Waals surface area contributed by atoms with Crippen LogP contribution in [0.4, 0.5) is 0 Å². The van der Waals surface area contributed by atoms with Gasteiger partial charge in [0, 0.05) is 10.6 Å². The lowest BCUT2D eigenvalue weighted by atomic mass is 10.2. The average molecular weight is 249 g/mol. The fourth-order valence-corrected chi connectivity index (χ4v) is 1.37. The number of alkyl halides is 1. The second-order valence-electron chi connectivity index (χ2n) is 2.98. The summed E-state index contributed by atoms with van der Waals surface area (Å²) in [5, 5.41) is 9.17. The molecule has 1 N–H and O–H groups in total. The summed E-state index contributed by atoms with van der Waals surface area (Å²) >= 11 is 11.4. The highest BCUT2D eigenvalue weighted by atomic mass is 35.5. The minimum Gasteiger partial charge on any atom is -0.479 e. The molecule has 1 aromatic carbocycles. The standard InChI is InChI=1S/C10H10Cl2O3/c1-6(10(13)14)15-9-4-8(12)3-2-7(9)5-11/h2-4,6H,5H2,1H3,(H,13,14). The largest absolute Gasteiger partial charge is 0.479 e. The van der Waals surface area contributed by atoms with Crippen LogP contribution in [0.5, 0.6) is 5.75 Å². The number of rotatable bonds is 4. The maximum Gasteiger partial charge on any atom is 0.344 e. The van der Waals surface area contributed by atoms with Crippen LogP contribution in [-0.2, 0) is 10.7 Å². The monoisotopic (exact) mass is 248 g/mol. The van der Waals surface area contributed by atoms with Gasteiger partial charge in [-0.2, -0.15) is 0 Å². The van der Waals surface area contributed by atoms with Crippen molar-refractivity contribution in [1.29, 1.82) is 0 Å². The Labute approximate surface area is 97.6 Å². The molecule has 0 bridgehead atoms. The zero-order valence-corrected chi connectivity index (χ0v) is 9.55. The Kier molecular flexibility index (Phi) is 4.24. The number of carboxylic acids is 1. The second kappa shape index (κ2) is 5.24. The van der Waals surface area contributed by atoms with Crippen molar-refractivity contribution in [3.63, 3.8) is 0 Å². The van der Waals surface area contributed by atoms with Crippen molar-refractivity contribution in [1.82, 2.24) is 0 Å². The molecular formula is C10H10Cl2O3. The summed E-state index contributed by atoms with van der Waals surface area (Å²) in [6, 6.07) is 4.94. The molecule has 0 saturated heterocycles. The number of carbonyl (C=O) groups is 1. The molecule has 1 unspecified atom stereocenters. The summed E-state index contributed by atoms with van der Waals surface area (Å²) in [4.78, 5) is 10.6. The Morgan fingerprint density at radius 1 is 1.60 bits per heavy atom. The van der Waals surface area contributed by atoms with Crippen molar-refractivity contribution in [2.45, 2.75) is 18.9 Å². The molecule has 0 heterocycles. The van der Waals surface area contributed by atoms with E-state index in [1.807, 2.05) is 0 Å². The SMILES string of the molecule is CC(Oc1cc(Cl)ccc1CCl)C(=O)O. The molecule has 82 valence electrons. The maximum absolute atomic E-state index is 10.6. The molecule has 0 aliphatic rings. The third-order valence-corrected chi connectivity index (χ3v) is 2.35. The van der Waals surface area contributed by atoms with Crippen LogP contribution in [0.1, 0.15) is 12.5 Å². The van der Waals surface area contributed by atoms with Crippen LogP contribution in [0.2, 0.25) is 5.02 Å². The van der Waals surface area contributed by atoms with Gasteiger partial charge in [-0.25, -0.2) is 4.79 Å². The second-order valence-corrected chi connectivity index (χ2v) is 3.69. The van der Waals surface area contributed by atoms with E-state index in [0.717, 1.165) is 0 Å². The molecule has 15 heavy (non-hydrogen) atoms. The van der Waals surface area contributed by atoms with E-state index < -0.39 is 12.1 Å². The Morgan fingerprint density at radius 2 is 2.27 bits per heavy atom. The topological polar surface area (TPSA) is 46.5 Å². The van der Waals surface area contributed by atoms with Gasteiger partial charge < -0.3 is 9.84 Å². The van der Waals surface area contributed by atoms with E-state index in [0.29, 0.717) is 16.3 Å². The van der Waals surface area contributed by atoms with Gasteiger partial charge in [0.25, 0.3) is 0 Å². The van der Waals surface area contributed by atoms with Gasteiger partial charge >= 0.3 is 5.97 Å². The summed E-state index contributed by atoms with van der Waals surface area (Å²) in [6.45, 7) is 1.45. The van der Waals surface area contributed by atoms with Gasteiger partial charge in [0.05, 0.1) is 5.88 Å². The van der Waals surface area contributed by atoms with E-state index in [1.165, 1.54) is 6.92 Å². The molecule has 0 radical (unpaired) electrons. The quantitative estimate of drug-likeness (QED) is 0.834. The van der Waals surface area contributed by atoms with Crippen LogP contribution in [0.25, 0.3) is 0 Å². The smallest absolute Gasteiger partial charge is 0.344 e. The highest BCUT2D eigenvalue weighted by molar-refractivity contribution is 6.30. The Bertz CT molecular complexity index is 366. The highest BCUT2D eigenvalue weighted by Gasteiger charge is 2.14. The van der Waals surface area contributed by atoms with E-state index in [2.05, 4.69) is 0 Å². The molecule has 3 nitrogen and oxygen atoms in total. The highest BCUT2D eigenvalue weighted by Crippen LogP contribution is 2.25. The summed E-state index contributed by atoms with van der Waals surface area (Å²) in [7, 11) is 0. The van der Waals surface area contributed by atoms with Crippen LogP contribution >= 0.6 is 23.2 Å². The van der Waals surface area contributed by atoms with Gasteiger partial charge in [-0.05, 0) is 19.1 Å². The summed E-state index contributed by atoms with van der Waals surface area (Å²) in [6.07, 6.45) is -0.926. The van der Waals surface area contributed by atoms with E-state index in [9.17, 15) is 4.79 Å². The van der Waals surface area contributed by atoms with Gasteiger partial charge in [-0.15, -0.1) is 11.6 Å². The Hall–Kier alpha value is -0.930. The number of halogens is 2. The number of hydrogen-bond acceptors (Lipinski definition) is 2. The van der Waals surface area contributed by atoms with Crippen LogP contribution in [0.15, 0.2) is 18.2 Å². The first-order chi connectivity index (χ1) is 7.04. The summed E-state index contributed by atoms with van der Waals surface area (Å²) < 4.78 is 5.21. The average Bonchev–Trinajstić information content (AvgIpc) is 2.18. The lowest BCUT2D eigenvalue weighted by Crippen LogP contribution is -2.23. The van der Waals surface area contributed by atoms with Crippen molar-refractivity contribution in [2.75, 3.05) is 0 Å². The molecule has 5 heteroatoms. The Morgan fingerprint density at radius 3 is 2.80 bits per heavy atom. The summed E-state index contributed by atoms with van der Waals surface area (Å²) in [5.41, 5.74) is 0.717. The molecule has 0 aliphatic carbocycles. The molecule has 0 aromatic heterocycles. The molecule has 1 rings (SSSR count). The summed E-state index contributed by atoms with van der Waals surface area (Å²) in [5.74, 6) is -0.373. The minimum absolute atomic E-state index is 0.249. The van der Waals surface area contributed by atoms with Crippen molar-refractivity contribution in [3.8, 4) is 5.75 Å². The van der Waals surface area contributed by atoms with Crippen molar-refractivity contribution >= 4 is 29.2 Å². The van der Waals surface area contributed by atoms with Crippen LogP contribution in [0, 0.1) is 0 Å². The molecule has 0 spiro atoms. The first kappa shape index (κ1) is 12.1. The van der Waals surface area contributed by atoms with E-state index in [-0.39, 0.29) is 5.88 Å². The number of hydrogen-bond donors (Lipinski definition) is 1.